The maximum Gasteiger partial charge on any atom is 2.00 e. The molecule has 0 fully saturated rings. The van der Waals surface area contributed by atoms with Crippen molar-refractivity contribution in [1.29, 1.82) is 0 Å². The van der Waals surface area contributed by atoms with Crippen LogP contribution < -0.4 is 0 Å². The van der Waals surface area contributed by atoms with Crippen LogP contribution in [-0.4, -0.2) is 57.4 Å². The summed E-state index contributed by atoms with van der Waals surface area (Å²) < 4.78 is 16.5. The number of para-hydroxylation sites is 6. The summed E-state index contributed by atoms with van der Waals surface area (Å²) in [5.74, 6) is 0. The number of fused-ring (bicyclic) bond motifs is 12. The van der Waals surface area contributed by atoms with E-state index in [4.69, 9.17) is 10.2 Å². The van der Waals surface area contributed by atoms with Crippen molar-refractivity contribution < 1.29 is 42.1 Å². The summed E-state index contributed by atoms with van der Waals surface area (Å²) in [5.41, 5.74) is 16.1. The molecule has 0 amide bonds. The Bertz CT molecular complexity index is 5430. The molecule has 0 spiro atoms. The van der Waals surface area contributed by atoms with Gasteiger partial charge in [0.2, 0.25) is 0 Å². The molecule has 0 saturated carbocycles. The largest absolute Gasteiger partial charge is 2.00 e. The standard InChI is InChI=1S/2C36H22N6.2Pt/c1-5-15-34-29(11-1)30-12-2-6-16-35(30)42(34)28-23-38-40(24-28)25-9-7-10-27(21-25)41-33-14-4-3-13-31(33)32-18-17-26(22-36(32)41)39-20-8-19-37-39;1-5-15-34-29(11-1)30-12-2-6-16-35(30)42(34)28-23-38-40(24-28)26-17-18-32-31-13-3-4-14-33(31)41(36(32)22-26)27-10-7-9-25(21-27)39-20-8-19-37-39;;/h2*1-20,23-24H;;/q2*-2;2*+2. The van der Waals surface area contributed by atoms with Gasteiger partial charge in [-0.15, -0.1) is 71.4 Å². The van der Waals surface area contributed by atoms with Crippen molar-refractivity contribution in [2.45, 2.75) is 0 Å². The van der Waals surface area contributed by atoms with Gasteiger partial charge in [-0.05, 0) is 82.1 Å². The summed E-state index contributed by atoms with van der Waals surface area (Å²) in [7, 11) is 0. The zero-order chi connectivity index (χ0) is 55.2. The molecule has 86 heavy (non-hydrogen) atoms. The van der Waals surface area contributed by atoms with Gasteiger partial charge in [-0.1, -0.05) is 132 Å². The molecule has 0 saturated heterocycles. The predicted molar refractivity (Wildman–Crippen MR) is 334 cm³/mol. The summed E-state index contributed by atoms with van der Waals surface area (Å²) in [6, 6.07) is 90.1. The molecule has 18 rings (SSSR count). The van der Waals surface area contributed by atoms with Gasteiger partial charge >= 0.3 is 42.1 Å². The molecule has 0 aliphatic carbocycles. The van der Waals surface area contributed by atoms with Gasteiger partial charge < -0.3 is 18.3 Å². The van der Waals surface area contributed by atoms with Crippen molar-refractivity contribution in [3.05, 3.63) is 292 Å². The van der Waals surface area contributed by atoms with E-state index in [0.29, 0.717) is 0 Å². The van der Waals surface area contributed by atoms with Gasteiger partial charge in [0.05, 0.1) is 58.2 Å². The van der Waals surface area contributed by atoms with Crippen LogP contribution in [0.5, 0.6) is 0 Å². The van der Waals surface area contributed by atoms with Crippen LogP contribution in [0.2, 0.25) is 0 Å². The number of rotatable bonds is 8. The van der Waals surface area contributed by atoms with Crippen LogP contribution in [0.25, 0.3) is 133 Å². The van der Waals surface area contributed by atoms with Crippen molar-refractivity contribution >= 4 is 87.2 Å². The molecule has 10 aromatic carbocycles. The van der Waals surface area contributed by atoms with Gasteiger partial charge in [-0.2, -0.15) is 44.7 Å². The monoisotopic (exact) mass is 1470 g/mol. The third-order valence-electron chi connectivity index (χ3n) is 16.0. The van der Waals surface area contributed by atoms with Crippen LogP contribution in [0.1, 0.15) is 0 Å². The fourth-order valence-corrected chi connectivity index (χ4v) is 12.3. The quantitative estimate of drug-likeness (QED) is 0.142. The van der Waals surface area contributed by atoms with Crippen molar-refractivity contribution in [3.63, 3.8) is 0 Å². The van der Waals surface area contributed by atoms with Gasteiger partial charge in [-0.3, -0.25) is 18.7 Å². The zero-order valence-electron chi connectivity index (χ0n) is 45.4. The van der Waals surface area contributed by atoms with Crippen molar-refractivity contribution in [2.75, 3.05) is 0 Å². The Labute approximate surface area is 520 Å². The maximum atomic E-state index is 4.80. The molecule has 0 aliphatic heterocycles. The van der Waals surface area contributed by atoms with E-state index < -0.39 is 0 Å². The second-order valence-corrected chi connectivity index (χ2v) is 20.7. The molecule has 18 aromatic rings. The molecule has 0 atom stereocenters. The van der Waals surface area contributed by atoms with Crippen LogP contribution >= 0.6 is 0 Å². The third-order valence-corrected chi connectivity index (χ3v) is 16.0. The summed E-state index contributed by atoms with van der Waals surface area (Å²) in [4.78, 5) is 0. The minimum absolute atomic E-state index is 0. The van der Waals surface area contributed by atoms with Gasteiger partial charge in [0.25, 0.3) is 0 Å². The van der Waals surface area contributed by atoms with Crippen molar-refractivity contribution in [1.82, 2.24) is 57.4 Å². The van der Waals surface area contributed by atoms with Crippen LogP contribution in [0.3, 0.4) is 0 Å². The van der Waals surface area contributed by atoms with Crippen LogP contribution in [-0.2, 0) is 42.1 Å². The fourth-order valence-electron chi connectivity index (χ4n) is 12.3. The molecule has 0 unspecified atom stereocenters. The summed E-state index contributed by atoms with van der Waals surface area (Å²) in [6.07, 6.45) is 15.4. The average Bonchev–Trinajstić information content (AvgIpc) is 1.84. The Morgan fingerprint density at radius 1 is 0.244 bits per heavy atom. The number of nitrogens with zero attached hydrogens (tertiary/aromatic N) is 12. The van der Waals surface area contributed by atoms with E-state index in [1.165, 1.54) is 32.3 Å². The number of aromatic nitrogens is 12. The Morgan fingerprint density at radius 2 is 0.558 bits per heavy atom. The molecule has 14 heteroatoms. The Balaban J connectivity index is 0.000000142. The first-order valence-corrected chi connectivity index (χ1v) is 27.7. The average molecular weight is 1470 g/mol. The molecule has 8 heterocycles. The van der Waals surface area contributed by atoms with Crippen molar-refractivity contribution in [3.8, 4) is 45.5 Å². The molecule has 0 radical (unpaired) electrons. The van der Waals surface area contributed by atoms with E-state index in [1.54, 1.807) is 12.4 Å². The number of benzene rings is 10. The van der Waals surface area contributed by atoms with Gasteiger partial charge in [-0.25, -0.2) is 0 Å². The van der Waals surface area contributed by atoms with E-state index in [1.807, 2.05) is 73.8 Å². The Morgan fingerprint density at radius 3 is 0.930 bits per heavy atom. The van der Waals surface area contributed by atoms with E-state index >= 15 is 0 Å². The summed E-state index contributed by atoms with van der Waals surface area (Å²) in [6.45, 7) is 0. The molecule has 8 aromatic heterocycles. The fraction of sp³-hybridized carbons (Fsp3) is 0. The first kappa shape index (κ1) is 52.4. The summed E-state index contributed by atoms with van der Waals surface area (Å²) >= 11 is 0. The van der Waals surface area contributed by atoms with Crippen LogP contribution in [0.15, 0.2) is 268 Å². The van der Waals surface area contributed by atoms with Gasteiger partial charge in [0.1, 0.15) is 0 Å². The third kappa shape index (κ3) is 8.51. The van der Waals surface area contributed by atoms with E-state index in [0.717, 1.165) is 100 Å². The molecular weight excluding hydrogens is 1420 g/mol. The maximum absolute atomic E-state index is 4.80. The topological polar surface area (TPSA) is 91.0 Å². The molecule has 412 valence electrons. The molecule has 0 N–H and O–H groups in total. The van der Waals surface area contributed by atoms with E-state index in [-0.39, 0.29) is 42.1 Å². The molecule has 12 nitrogen and oxygen atoms in total. The predicted octanol–water partition coefficient (Wildman–Crippen LogP) is 15.7. The number of hydrogen-bond acceptors (Lipinski definition) is 4. The van der Waals surface area contributed by atoms with Crippen LogP contribution in [0, 0.1) is 24.3 Å². The molecular formula is C72H44N12Pt2. The minimum Gasteiger partial charge on any atom is -0.358 e. The molecule has 0 aliphatic rings. The molecule has 0 bridgehead atoms. The number of hydrogen-bond donors (Lipinski definition) is 0. The Hall–Kier alpha value is -10.4. The SMILES string of the molecule is [Pt+2].[Pt+2].[c-]1c(-n2cc(-n3c4ccccc4c4ccccc43)cn2)cccc1-n1c2[c-]c(-n3cccn3)ccc2c2ccccc21.[c-]1c(-n2cccn2)cccc1-n1c2[c-]c(-n3cc(-n4c5ccccc5c5ccccc54)cn3)ccc2c2ccccc21. The van der Waals surface area contributed by atoms with Gasteiger partial charge in [0, 0.05) is 57.4 Å². The first-order valence-electron chi connectivity index (χ1n) is 27.7. The smallest absolute Gasteiger partial charge is 0.358 e. The second kappa shape index (κ2) is 21.4. The Kier molecular flexibility index (Phi) is 13.0. The van der Waals surface area contributed by atoms with Gasteiger partial charge in [0.15, 0.2) is 0 Å². The first-order chi connectivity index (χ1) is 41.7. The van der Waals surface area contributed by atoms with E-state index in [2.05, 4.69) is 253 Å². The second-order valence-electron chi connectivity index (χ2n) is 20.7. The minimum atomic E-state index is 0. The summed E-state index contributed by atoms with van der Waals surface area (Å²) in [5, 5.41) is 27.9. The zero-order valence-corrected chi connectivity index (χ0v) is 49.9. The van der Waals surface area contributed by atoms with Crippen LogP contribution in [0.4, 0.5) is 0 Å². The van der Waals surface area contributed by atoms with Crippen molar-refractivity contribution in [2.24, 2.45) is 0 Å². The normalized spacial score (nSPS) is 11.5. The van der Waals surface area contributed by atoms with E-state index in [9.17, 15) is 0 Å².